The molecule has 2 N–H and O–H groups in total. The number of amidine groups is 1. The summed E-state index contributed by atoms with van der Waals surface area (Å²) >= 11 is 0. The SMILES string of the molecule is CC(N)=NCC/C(F)=C/C[C@H]1COC(C)(C)N1C. The highest BCUT2D eigenvalue weighted by Crippen LogP contribution is 2.27. The van der Waals surface area contributed by atoms with Crippen LogP contribution in [0.2, 0.25) is 0 Å². The maximum absolute atomic E-state index is 13.5. The number of nitrogens with zero attached hydrogens (tertiary/aromatic N) is 2. The van der Waals surface area contributed by atoms with E-state index in [-0.39, 0.29) is 17.6 Å². The molecule has 5 heteroatoms. The molecule has 0 unspecified atom stereocenters. The summed E-state index contributed by atoms with van der Waals surface area (Å²) in [6, 6.07) is 0.241. The van der Waals surface area contributed by atoms with Crippen molar-refractivity contribution in [3.05, 3.63) is 11.9 Å². The number of halogens is 1. The average molecular weight is 257 g/mol. The third-order valence-corrected chi connectivity index (χ3v) is 3.35. The van der Waals surface area contributed by atoms with Gasteiger partial charge in [0.2, 0.25) is 0 Å². The molecule has 1 atom stereocenters. The van der Waals surface area contributed by atoms with Crippen molar-refractivity contribution in [1.82, 2.24) is 4.90 Å². The first-order chi connectivity index (χ1) is 8.33. The van der Waals surface area contributed by atoms with Gasteiger partial charge in [0.05, 0.1) is 18.3 Å². The third-order valence-electron chi connectivity index (χ3n) is 3.35. The zero-order valence-corrected chi connectivity index (χ0v) is 11.7. The number of hydrogen-bond acceptors (Lipinski definition) is 3. The fourth-order valence-corrected chi connectivity index (χ4v) is 1.88. The molecule has 1 fully saturated rings. The molecule has 0 radical (unpaired) electrons. The van der Waals surface area contributed by atoms with E-state index in [0.29, 0.717) is 31.8 Å². The Morgan fingerprint density at radius 2 is 2.28 bits per heavy atom. The van der Waals surface area contributed by atoms with Gasteiger partial charge in [-0.3, -0.25) is 9.89 Å². The molecule has 0 aromatic carbocycles. The normalized spacial score (nSPS) is 25.7. The second-order valence-electron chi connectivity index (χ2n) is 5.18. The second kappa shape index (κ2) is 6.29. The molecule has 1 heterocycles. The van der Waals surface area contributed by atoms with Crippen LogP contribution in [0.1, 0.15) is 33.6 Å². The smallest absolute Gasteiger partial charge is 0.116 e. The molecule has 1 aliphatic heterocycles. The summed E-state index contributed by atoms with van der Waals surface area (Å²) in [4.78, 5) is 6.10. The minimum absolute atomic E-state index is 0.127. The van der Waals surface area contributed by atoms with Crippen LogP contribution < -0.4 is 5.73 Å². The Hall–Kier alpha value is -0.940. The van der Waals surface area contributed by atoms with Gasteiger partial charge in [-0.2, -0.15) is 0 Å². The van der Waals surface area contributed by atoms with E-state index in [1.165, 1.54) is 0 Å². The van der Waals surface area contributed by atoms with Crippen molar-refractivity contribution in [2.75, 3.05) is 20.2 Å². The lowest BCUT2D eigenvalue weighted by Crippen LogP contribution is -2.40. The van der Waals surface area contributed by atoms with E-state index in [4.69, 9.17) is 10.5 Å². The Morgan fingerprint density at radius 1 is 1.61 bits per heavy atom. The van der Waals surface area contributed by atoms with Gasteiger partial charge >= 0.3 is 0 Å². The van der Waals surface area contributed by atoms with E-state index >= 15 is 0 Å². The van der Waals surface area contributed by atoms with Gasteiger partial charge in [-0.05, 0) is 34.2 Å². The molecule has 0 saturated carbocycles. The first kappa shape index (κ1) is 15.1. The first-order valence-corrected chi connectivity index (χ1v) is 6.31. The Labute approximate surface area is 109 Å². The predicted molar refractivity (Wildman–Crippen MR) is 72.2 cm³/mol. The molecular weight excluding hydrogens is 233 g/mol. The van der Waals surface area contributed by atoms with Crippen molar-refractivity contribution in [2.45, 2.75) is 45.4 Å². The zero-order chi connectivity index (χ0) is 13.8. The molecule has 0 aromatic heterocycles. The topological polar surface area (TPSA) is 50.9 Å². The first-order valence-electron chi connectivity index (χ1n) is 6.31. The monoisotopic (exact) mass is 257 g/mol. The van der Waals surface area contributed by atoms with Crippen LogP contribution in [0.3, 0.4) is 0 Å². The Kier molecular flexibility index (Phi) is 5.28. The van der Waals surface area contributed by atoms with E-state index in [1.807, 2.05) is 20.9 Å². The van der Waals surface area contributed by atoms with Crippen molar-refractivity contribution in [3.8, 4) is 0 Å². The Bertz CT molecular complexity index is 335. The van der Waals surface area contributed by atoms with Crippen LogP contribution in [0.25, 0.3) is 0 Å². The highest BCUT2D eigenvalue weighted by atomic mass is 19.1. The van der Waals surface area contributed by atoms with E-state index in [2.05, 4.69) is 9.89 Å². The van der Waals surface area contributed by atoms with Crippen LogP contribution in [-0.4, -0.2) is 42.7 Å². The second-order valence-corrected chi connectivity index (χ2v) is 5.18. The van der Waals surface area contributed by atoms with Crippen LogP contribution in [-0.2, 0) is 4.74 Å². The number of ether oxygens (including phenoxy) is 1. The maximum atomic E-state index is 13.5. The quantitative estimate of drug-likeness (QED) is 0.606. The average Bonchev–Trinajstić information content (AvgIpc) is 2.51. The fraction of sp³-hybridized carbons (Fsp3) is 0.769. The third kappa shape index (κ3) is 4.38. The molecule has 18 heavy (non-hydrogen) atoms. The summed E-state index contributed by atoms with van der Waals surface area (Å²) in [7, 11) is 2.01. The summed E-state index contributed by atoms with van der Waals surface area (Å²) in [5.41, 5.74) is 5.13. The molecule has 1 aliphatic rings. The standard InChI is InChI=1S/C13H24FN3O/c1-10(15)16-8-7-11(14)5-6-12-9-18-13(2,3)17(12)4/h5,12H,6-9H2,1-4H3,(H2,15,16)/b11-5-/t12-/m0/s1. The van der Waals surface area contributed by atoms with Gasteiger partial charge in [0, 0.05) is 19.0 Å². The number of likely N-dealkylation sites (N-methyl/N-ethyl adjacent to an activating group) is 1. The van der Waals surface area contributed by atoms with E-state index in [1.54, 1.807) is 13.0 Å². The minimum atomic E-state index is -0.254. The van der Waals surface area contributed by atoms with Crippen molar-refractivity contribution in [3.63, 3.8) is 0 Å². The Morgan fingerprint density at radius 3 is 2.78 bits per heavy atom. The largest absolute Gasteiger partial charge is 0.388 e. The van der Waals surface area contributed by atoms with Gasteiger partial charge < -0.3 is 10.5 Å². The highest BCUT2D eigenvalue weighted by molar-refractivity contribution is 5.77. The summed E-state index contributed by atoms with van der Waals surface area (Å²) in [6.07, 6.45) is 2.61. The lowest BCUT2D eigenvalue weighted by atomic mass is 10.1. The summed E-state index contributed by atoms with van der Waals surface area (Å²) in [5, 5.41) is 0. The molecule has 104 valence electrons. The molecule has 0 aliphatic carbocycles. The summed E-state index contributed by atoms with van der Waals surface area (Å²) < 4.78 is 19.2. The number of nitrogens with two attached hydrogens (primary N) is 1. The molecular formula is C13H24FN3O. The van der Waals surface area contributed by atoms with Gasteiger partial charge in [-0.25, -0.2) is 4.39 Å². The van der Waals surface area contributed by atoms with Gasteiger partial charge in [0.25, 0.3) is 0 Å². The summed E-state index contributed by atoms with van der Waals surface area (Å²) in [6.45, 7) is 6.80. The zero-order valence-electron chi connectivity index (χ0n) is 11.7. The van der Waals surface area contributed by atoms with E-state index < -0.39 is 0 Å². The highest BCUT2D eigenvalue weighted by Gasteiger charge is 2.36. The van der Waals surface area contributed by atoms with E-state index in [9.17, 15) is 4.39 Å². The molecule has 0 amide bonds. The number of hydrogen-bond donors (Lipinski definition) is 1. The molecule has 0 aromatic rings. The van der Waals surface area contributed by atoms with Crippen LogP contribution in [0.5, 0.6) is 0 Å². The number of aliphatic imine (C=N–C) groups is 1. The lowest BCUT2D eigenvalue weighted by Gasteiger charge is -2.29. The van der Waals surface area contributed by atoms with Crippen LogP contribution >= 0.6 is 0 Å². The van der Waals surface area contributed by atoms with Crippen LogP contribution in [0.15, 0.2) is 16.9 Å². The van der Waals surface area contributed by atoms with Crippen molar-refractivity contribution < 1.29 is 9.13 Å². The molecule has 1 rings (SSSR count). The molecule has 1 saturated heterocycles. The van der Waals surface area contributed by atoms with Crippen molar-refractivity contribution in [1.29, 1.82) is 0 Å². The Balaban J connectivity index is 2.38. The van der Waals surface area contributed by atoms with Crippen molar-refractivity contribution in [2.24, 2.45) is 10.7 Å². The van der Waals surface area contributed by atoms with Gasteiger partial charge in [0.15, 0.2) is 0 Å². The predicted octanol–water partition coefficient (Wildman–Crippen LogP) is 2.06. The molecule has 0 spiro atoms. The van der Waals surface area contributed by atoms with Gasteiger partial charge in [-0.1, -0.05) is 6.08 Å². The maximum Gasteiger partial charge on any atom is 0.116 e. The minimum Gasteiger partial charge on any atom is -0.388 e. The molecule has 0 bridgehead atoms. The summed E-state index contributed by atoms with van der Waals surface area (Å²) in [5.74, 6) is 0.367. The fourth-order valence-electron chi connectivity index (χ4n) is 1.88. The van der Waals surface area contributed by atoms with E-state index in [0.717, 1.165) is 0 Å². The lowest BCUT2D eigenvalue weighted by molar-refractivity contribution is -0.0411. The van der Waals surface area contributed by atoms with Gasteiger partial charge in [0.1, 0.15) is 5.72 Å². The molecule has 4 nitrogen and oxygen atoms in total. The van der Waals surface area contributed by atoms with Crippen LogP contribution in [0.4, 0.5) is 4.39 Å². The van der Waals surface area contributed by atoms with Crippen LogP contribution in [0, 0.1) is 0 Å². The number of rotatable bonds is 5. The van der Waals surface area contributed by atoms with Gasteiger partial charge in [-0.15, -0.1) is 0 Å². The van der Waals surface area contributed by atoms with Crippen molar-refractivity contribution >= 4 is 5.84 Å².